The monoisotopic (exact) mass is 345 g/mol. The molecule has 0 unspecified atom stereocenters. The van der Waals surface area contributed by atoms with Gasteiger partial charge >= 0.3 is 6.03 Å². The van der Waals surface area contributed by atoms with Crippen molar-refractivity contribution >= 4 is 23.3 Å². The van der Waals surface area contributed by atoms with Gasteiger partial charge in [0.1, 0.15) is 0 Å². The van der Waals surface area contributed by atoms with Gasteiger partial charge in [-0.05, 0) is 34.7 Å². The number of hydrogen-bond donors (Lipinski definition) is 1. The van der Waals surface area contributed by atoms with Gasteiger partial charge in [-0.2, -0.15) is 11.3 Å². The smallest absolute Gasteiger partial charge is 0.322 e. The van der Waals surface area contributed by atoms with Crippen LogP contribution in [0.5, 0.6) is 0 Å². The van der Waals surface area contributed by atoms with Gasteiger partial charge in [0.15, 0.2) is 0 Å². The van der Waals surface area contributed by atoms with Crippen LogP contribution in [0.25, 0.3) is 0 Å². The topological polar surface area (TPSA) is 52.7 Å². The van der Waals surface area contributed by atoms with Crippen molar-refractivity contribution in [2.24, 2.45) is 5.92 Å². The van der Waals surface area contributed by atoms with E-state index in [-0.39, 0.29) is 18.0 Å². The molecule has 3 rings (SSSR count). The molecule has 0 aliphatic carbocycles. The molecule has 24 heavy (non-hydrogen) atoms. The first-order valence-electron chi connectivity index (χ1n) is 8.26. The first kappa shape index (κ1) is 16.8. The van der Waals surface area contributed by atoms with Crippen LogP contribution in [0, 0.1) is 5.92 Å². The Morgan fingerprint density at radius 1 is 1.46 bits per heavy atom. The van der Waals surface area contributed by atoms with Gasteiger partial charge in [-0.25, -0.2) is 4.79 Å². The molecule has 1 aromatic heterocycles. The highest BCUT2D eigenvalue weighted by molar-refractivity contribution is 7.08. The molecule has 2 aliphatic heterocycles. The van der Waals surface area contributed by atoms with Gasteiger partial charge in [-0.1, -0.05) is 19.9 Å². The lowest BCUT2D eigenvalue weighted by atomic mass is 9.98. The molecule has 1 atom stereocenters. The van der Waals surface area contributed by atoms with Crippen LogP contribution < -0.4 is 5.32 Å². The lowest BCUT2D eigenvalue weighted by Crippen LogP contribution is -2.47. The van der Waals surface area contributed by atoms with Crippen LogP contribution in [0.1, 0.15) is 31.9 Å². The van der Waals surface area contributed by atoms with E-state index in [9.17, 15) is 9.59 Å². The summed E-state index contributed by atoms with van der Waals surface area (Å²) >= 11 is 1.57. The van der Waals surface area contributed by atoms with E-state index < -0.39 is 0 Å². The number of hydrogen-bond acceptors (Lipinski definition) is 3. The zero-order chi connectivity index (χ0) is 17.3. The average Bonchev–Trinajstić information content (AvgIpc) is 3.17. The summed E-state index contributed by atoms with van der Waals surface area (Å²) in [5, 5.41) is 6.94. The highest BCUT2D eigenvalue weighted by Gasteiger charge is 2.43. The van der Waals surface area contributed by atoms with Crippen molar-refractivity contribution < 1.29 is 9.59 Å². The number of rotatable bonds is 6. The Labute approximate surface area is 146 Å². The van der Waals surface area contributed by atoms with Crippen LogP contribution in [0.3, 0.4) is 0 Å². The lowest BCUT2D eigenvalue weighted by molar-refractivity contribution is -0.125. The minimum absolute atomic E-state index is 0.0379. The fraction of sp³-hybridized carbons (Fsp3) is 0.444. The minimum atomic E-state index is -0.351. The third kappa shape index (κ3) is 2.98. The summed E-state index contributed by atoms with van der Waals surface area (Å²) in [4.78, 5) is 29.0. The van der Waals surface area contributed by atoms with Gasteiger partial charge in [0.25, 0.3) is 5.91 Å². The van der Waals surface area contributed by atoms with E-state index in [0.717, 1.165) is 24.2 Å². The van der Waals surface area contributed by atoms with Crippen LogP contribution in [-0.2, 0) is 4.79 Å². The predicted octanol–water partition coefficient (Wildman–Crippen LogP) is 3.14. The Kier molecular flexibility index (Phi) is 4.76. The number of urea groups is 1. The quantitative estimate of drug-likeness (QED) is 0.805. The highest BCUT2D eigenvalue weighted by atomic mass is 32.1. The van der Waals surface area contributed by atoms with Gasteiger partial charge in [-0.3, -0.25) is 9.69 Å². The second-order valence-electron chi connectivity index (χ2n) is 6.61. The molecule has 0 saturated heterocycles. The number of nitrogens with zero attached hydrogens (tertiary/aromatic N) is 2. The lowest BCUT2D eigenvalue weighted by Gasteiger charge is -2.32. The predicted molar refractivity (Wildman–Crippen MR) is 95.6 cm³/mol. The Balaban J connectivity index is 1.94. The zero-order valence-corrected chi connectivity index (χ0v) is 14.9. The first-order valence-corrected chi connectivity index (χ1v) is 9.20. The van der Waals surface area contributed by atoms with E-state index in [1.165, 1.54) is 0 Å². The summed E-state index contributed by atoms with van der Waals surface area (Å²) in [6.07, 6.45) is 2.65. The fourth-order valence-corrected chi connectivity index (χ4v) is 3.84. The third-order valence-corrected chi connectivity index (χ3v) is 5.16. The highest BCUT2D eigenvalue weighted by Crippen LogP contribution is 2.36. The van der Waals surface area contributed by atoms with E-state index >= 15 is 0 Å². The van der Waals surface area contributed by atoms with Gasteiger partial charge in [0.2, 0.25) is 0 Å². The van der Waals surface area contributed by atoms with Crippen molar-refractivity contribution in [3.63, 3.8) is 0 Å². The molecule has 0 fully saturated rings. The van der Waals surface area contributed by atoms with E-state index in [1.807, 2.05) is 21.7 Å². The van der Waals surface area contributed by atoms with Crippen LogP contribution in [0.15, 0.2) is 40.8 Å². The zero-order valence-electron chi connectivity index (χ0n) is 14.1. The maximum Gasteiger partial charge on any atom is 0.322 e. The van der Waals surface area contributed by atoms with E-state index in [1.54, 1.807) is 22.3 Å². The first-order chi connectivity index (χ1) is 11.5. The third-order valence-electron chi connectivity index (χ3n) is 4.46. The SMILES string of the molecule is C=CCN1C(=O)N[C@@H](c2ccsc2)C2=C1CN(CCC(C)C)C2=O. The second-order valence-corrected chi connectivity index (χ2v) is 7.39. The van der Waals surface area contributed by atoms with Gasteiger partial charge in [-0.15, -0.1) is 6.58 Å². The van der Waals surface area contributed by atoms with Crippen molar-refractivity contribution in [1.29, 1.82) is 0 Å². The van der Waals surface area contributed by atoms with E-state index in [2.05, 4.69) is 25.7 Å². The number of amides is 3. The summed E-state index contributed by atoms with van der Waals surface area (Å²) in [7, 11) is 0. The maximum atomic E-state index is 13.0. The molecule has 5 nitrogen and oxygen atoms in total. The van der Waals surface area contributed by atoms with Crippen molar-refractivity contribution in [2.75, 3.05) is 19.6 Å². The van der Waals surface area contributed by atoms with Crippen molar-refractivity contribution in [2.45, 2.75) is 26.3 Å². The van der Waals surface area contributed by atoms with Crippen LogP contribution in [0.2, 0.25) is 0 Å². The Morgan fingerprint density at radius 3 is 2.88 bits per heavy atom. The molecule has 0 saturated carbocycles. The van der Waals surface area contributed by atoms with Gasteiger partial charge in [0, 0.05) is 13.1 Å². The summed E-state index contributed by atoms with van der Waals surface area (Å²) in [6.45, 7) is 9.66. The number of carbonyl (C=O) groups is 2. The van der Waals surface area contributed by atoms with Gasteiger partial charge in [0.05, 0.1) is 23.9 Å². The molecule has 0 bridgehead atoms. The van der Waals surface area contributed by atoms with Crippen molar-refractivity contribution in [3.8, 4) is 0 Å². The maximum absolute atomic E-state index is 13.0. The Hall–Kier alpha value is -2.08. The van der Waals surface area contributed by atoms with Crippen LogP contribution >= 0.6 is 11.3 Å². The Bertz CT molecular complexity index is 678. The van der Waals surface area contributed by atoms with Crippen molar-refractivity contribution in [1.82, 2.24) is 15.1 Å². The second kappa shape index (κ2) is 6.81. The molecule has 3 heterocycles. The van der Waals surface area contributed by atoms with Crippen LogP contribution in [0.4, 0.5) is 4.79 Å². The molecular weight excluding hydrogens is 322 g/mol. The summed E-state index contributed by atoms with van der Waals surface area (Å²) < 4.78 is 0. The molecule has 128 valence electrons. The minimum Gasteiger partial charge on any atom is -0.333 e. The van der Waals surface area contributed by atoms with E-state index in [4.69, 9.17) is 0 Å². The molecule has 6 heteroatoms. The molecule has 0 radical (unpaired) electrons. The molecule has 2 aliphatic rings. The Morgan fingerprint density at radius 2 is 2.25 bits per heavy atom. The number of nitrogens with one attached hydrogen (secondary N) is 1. The number of thiophene rings is 1. The summed E-state index contributed by atoms with van der Waals surface area (Å²) in [5.41, 5.74) is 2.50. The summed E-state index contributed by atoms with van der Waals surface area (Å²) in [6, 6.07) is 1.45. The van der Waals surface area contributed by atoms with Gasteiger partial charge < -0.3 is 10.2 Å². The largest absolute Gasteiger partial charge is 0.333 e. The average molecular weight is 345 g/mol. The molecule has 1 aromatic rings. The van der Waals surface area contributed by atoms with Crippen LogP contribution in [-0.4, -0.2) is 41.4 Å². The molecule has 0 spiro atoms. The van der Waals surface area contributed by atoms with E-state index in [0.29, 0.717) is 24.6 Å². The standard InChI is InChI=1S/C18H23N3O2S/c1-4-7-21-14-10-20(8-5-12(2)3)17(22)15(14)16(19-18(21)23)13-6-9-24-11-13/h4,6,9,11-12,16H,1,5,7-8,10H2,2-3H3,(H,19,23)/t16-/m0/s1. The molecule has 0 aromatic carbocycles. The normalized spacial score (nSPS) is 20.7. The summed E-state index contributed by atoms with van der Waals surface area (Å²) in [5.74, 6) is 0.572. The number of carbonyl (C=O) groups excluding carboxylic acids is 2. The van der Waals surface area contributed by atoms with Crippen molar-refractivity contribution in [3.05, 3.63) is 46.3 Å². The fourth-order valence-electron chi connectivity index (χ4n) is 3.15. The molecular formula is C18H23N3O2S. The molecule has 1 N–H and O–H groups in total. The molecule has 3 amide bonds.